The second-order valence-electron chi connectivity index (χ2n) is 7.27. The molecule has 1 fully saturated rings. The maximum Gasteiger partial charge on any atom is 0.187 e. The predicted octanol–water partition coefficient (Wildman–Crippen LogP) is 5.72. The number of carbonyl (C=O) groups excluding carboxylic acids is 1. The average molecular weight is 511 g/mol. The van der Waals surface area contributed by atoms with Gasteiger partial charge in [-0.2, -0.15) is 0 Å². The molecule has 4 rings (SSSR count). The smallest absolute Gasteiger partial charge is 0.187 e. The summed E-state index contributed by atoms with van der Waals surface area (Å²) in [6.45, 7) is 5.29. The fraction of sp³-hybridized carbons (Fsp3) is 0.381. The van der Waals surface area contributed by atoms with Crippen LogP contribution in [0, 0.1) is 6.92 Å². The third-order valence-electron chi connectivity index (χ3n) is 5.13. The van der Waals surface area contributed by atoms with E-state index < -0.39 is 4.75 Å². The van der Waals surface area contributed by atoms with Gasteiger partial charge in [0.05, 0.1) is 10.0 Å². The first kappa shape index (κ1) is 19.5. The van der Waals surface area contributed by atoms with Gasteiger partial charge >= 0.3 is 0 Å². The molecule has 3 nitrogen and oxygen atoms in total. The largest absolute Gasteiger partial charge is 0.490 e. The quantitative estimate of drug-likeness (QED) is 0.526. The molecule has 0 N–H and O–H groups in total. The molecule has 142 valence electrons. The molecule has 6 heteroatoms. The van der Waals surface area contributed by atoms with Gasteiger partial charge < -0.3 is 9.64 Å². The van der Waals surface area contributed by atoms with Crippen molar-refractivity contribution in [3.63, 3.8) is 0 Å². The van der Waals surface area contributed by atoms with E-state index in [1.165, 1.54) is 18.4 Å². The number of carbonyl (C=O) groups is 1. The lowest BCUT2D eigenvalue weighted by Crippen LogP contribution is -2.52. The van der Waals surface area contributed by atoms with Crippen LogP contribution >= 0.6 is 43.6 Å². The number of benzene rings is 2. The summed E-state index contributed by atoms with van der Waals surface area (Å²) in [4.78, 5) is 17.2. The number of nitrogens with zero attached hydrogens (tertiary/aromatic N) is 1. The molecule has 0 bridgehead atoms. The number of fused-ring (bicyclic) bond motifs is 1. The Balaban J connectivity index is 1.73. The van der Waals surface area contributed by atoms with Crippen molar-refractivity contribution >= 4 is 49.4 Å². The lowest BCUT2D eigenvalue weighted by atomic mass is 9.93. The minimum atomic E-state index is -0.632. The number of hydrogen-bond acceptors (Lipinski definition) is 4. The summed E-state index contributed by atoms with van der Waals surface area (Å²) in [6, 6.07) is 12.2. The first-order valence-electron chi connectivity index (χ1n) is 9.11. The van der Waals surface area contributed by atoms with E-state index in [4.69, 9.17) is 4.74 Å². The number of rotatable bonds is 4. The summed E-state index contributed by atoms with van der Waals surface area (Å²) in [5.74, 6) is 0.813. The summed E-state index contributed by atoms with van der Waals surface area (Å²) in [7, 11) is 0. The minimum Gasteiger partial charge on any atom is -0.490 e. The van der Waals surface area contributed by atoms with Crippen molar-refractivity contribution in [2.75, 3.05) is 26.2 Å². The Morgan fingerprint density at radius 2 is 1.85 bits per heavy atom. The van der Waals surface area contributed by atoms with E-state index in [2.05, 4.69) is 67.9 Å². The number of likely N-dealkylation sites (tertiary alicyclic amines) is 1. The summed E-state index contributed by atoms with van der Waals surface area (Å²) in [6.07, 6.45) is 2.40. The van der Waals surface area contributed by atoms with Crippen molar-refractivity contribution in [1.82, 2.24) is 4.90 Å². The number of ketones is 1. The second-order valence-corrected chi connectivity index (χ2v) is 10.5. The molecular weight excluding hydrogens is 490 g/mol. The van der Waals surface area contributed by atoms with Crippen LogP contribution in [0.4, 0.5) is 0 Å². The Morgan fingerprint density at radius 1 is 1.15 bits per heavy atom. The van der Waals surface area contributed by atoms with E-state index in [0.29, 0.717) is 24.5 Å². The lowest BCUT2D eigenvalue weighted by Gasteiger charge is -2.38. The fourth-order valence-electron chi connectivity index (χ4n) is 3.73. The monoisotopic (exact) mass is 509 g/mol. The number of Topliss-reactive ketones (excluding diaryl/α,β-unsaturated/α-hetero) is 1. The van der Waals surface area contributed by atoms with Gasteiger partial charge in [0.25, 0.3) is 0 Å². The Kier molecular flexibility index (Phi) is 5.70. The number of thioether (sulfide) groups is 1. The van der Waals surface area contributed by atoms with E-state index in [9.17, 15) is 4.79 Å². The van der Waals surface area contributed by atoms with Crippen LogP contribution in [-0.4, -0.2) is 41.7 Å². The molecule has 27 heavy (non-hydrogen) atoms. The number of halogens is 2. The summed E-state index contributed by atoms with van der Waals surface area (Å²) < 4.78 is 7.23. The Morgan fingerprint density at radius 3 is 2.56 bits per heavy atom. The standard InChI is InChI=1S/C21H21Br2NO2S/c1-14-4-6-16(7-5-14)27-21(12-24-8-2-3-9-24)13-26-19-17(20(21)25)10-15(22)11-18(19)23/h4-7,10-11H,2-3,8-9,12-13H2,1H3. The summed E-state index contributed by atoms with van der Waals surface area (Å²) in [5, 5.41) is 0. The highest BCUT2D eigenvalue weighted by molar-refractivity contribution is 9.11. The molecule has 0 spiro atoms. The Labute approximate surface area is 181 Å². The highest BCUT2D eigenvalue weighted by Gasteiger charge is 2.47. The molecule has 0 aliphatic carbocycles. The van der Waals surface area contributed by atoms with Gasteiger partial charge in [-0.25, -0.2) is 0 Å². The fourth-order valence-corrected chi connectivity index (χ4v) is 6.37. The van der Waals surface area contributed by atoms with Crippen molar-refractivity contribution in [3.05, 3.63) is 56.5 Å². The highest BCUT2D eigenvalue weighted by atomic mass is 79.9. The normalized spacial score (nSPS) is 22.6. The molecule has 2 aromatic carbocycles. The van der Waals surface area contributed by atoms with E-state index in [1.807, 2.05) is 12.1 Å². The Bertz CT molecular complexity index is 865. The van der Waals surface area contributed by atoms with Crippen LogP contribution < -0.4 is 4.74 Å². The zero-order chi connectivity index (χ0) is 19.0. The Hall–Kier alpha value is -0.820. The third kappa shape index (κ3) is 4.00. The van der Waals surface area contributed by atoms with Crippen LogP contribution in [0.2, 0.25) is 0 Å². The van der Waals surface area contributed by atoms with Crippen LogP contribution in [0.3, 0.4) is 0 Å². The predicted molar refractivity (Wildman–Crippen MR) is 117 cm³/mol. The molecular formula is C21H21Br2NO2S. The van der Waals surface area contributed by atoms with E-state index in [-0.39, 0.29) is 5.78 Å². The number of aryl methyl sites for hydroxylation is 1. The minimum absolute atomic E-state index is 0.156. The molecule has 2 aromatic rings. The molecule has 2 aliphatic heterocycles. The van der Waals surface area contributed by atoms with Gasteiger partial charge in [0.1, 0.15) is 17.1 Å². The van der Waals surface area contributed by atoms with E-state index >= 15 is 0 Å². The van der Waals surface area contributed by atoms with Gasteiger partial charge in [-0.15, -0.1) is 11.8 Å². The second kappa shape index (κ2) is 7.90. The van der Waals surface area contributed by atoms with Crippen LogP contribution in [0.5, 0.6) is 5.75 Å². The molecule has 0 saturated carbocycles. The van der Waals surface area contributed by atoms with Crippen molar-refractivity contribution < 1.29 is 9.53 Å². The van der Waals surface area contributed by atoms with Crippen LogP contribution in [0.1, 0.15) is 28.8 Å². The van der Waals surface area contributed by atoms with Crippen molar-refractivity contribution in [2.24, 2.45) is 0 Å². The van der Waals surface area contributed by atoms with Gasteiger partial charge in [0.2, 0.25) is 0 Å². The zero-order valence-electron chi connectivity index (χ0n) is 15.1. The van der Waals surface area contributed by atoms with Crippen molar-refractivity contribution in [3.8, 4) is 5.75 Å². The van der Waals surface area contributed by atoms with Crippen molar-refractivity contribution in [2.45, 2.75) is 29.4 Å². The highest BCUT2D eigenvalue weighted by Crippen LogP contribution is 2.45. The van der Waals surface area contributed by atoms with Crippen LogP contribution in [0.15, 0.2) is 50.2 Å². The molecule has 2 aliphatic rings. The molecule has 1 unspecified atom stereocenters. The maximum atomic E-state index is 13.7. The first-order chi connectivity index (χ1) is 13.0. The van der Waals surface area contributed by atoms with Crippen molar-refractivity contribution in [1.29, 1.82) is 0 Å². The molecule has 0 amide bonds. The van der Waals surface area contributed by atoms with E-state index in [0.717, 1.165) is 26.9 Å². The number of hydrogen-bond donors (Lipinski definition) is 0. The van der Waals surface area contributed by atoms with Crippen LogP contribution in [-0.2, 0) is 0 Å². The molecule has 0 radical (unpaired) electrons. The van der Waals surface area contributed by atoms with Gasteiger partial charge in [0, 0.05) is 15.9 Å². The number of ether oxygens (including phenoxy) is 1. The van der Waals surface area contributed by atoms with Gasteiger partial charge in [0.15, 0.2) is 5.78 Å². The SMILES string of the molecule is Cc1ccc(SC2(CN3CCCC3)COc3c(Br)cc(Br)cc3C2=O)cc1. The summed E-state index contributed by atoms with van der Waals surface area (Å²) >= 11 is 8.69. The first-order valence-corrected chi connectivity index (χ1v) is 11.5. The third-order valence-corrected chi connectivity index (χ3v) is 7.51. The lowest BCUT2D eigenvalue weighted by molar-refractivity contribution is 0.0831. The molecule has 1 atom stereocenters. The average Bonchev–Trinajstić information content (AvgIpc) is 3.13. The van der Waals surface area contributed by atoms with Crippen LogP contribution in [0.25, 0.3) is 0 Å². The summed E-state index contributed by atoms with van der Waals surface area (Å²) in [5.41, 5.74) is 1.87. The molecule has 0 aromatic heterocycles. The van der Waals surface area contributed by atoms with Gasteiger partial charge in [-0.05, 0) is 73.1 Å². The zero-order valence-corrected chi connectivity index (χ0v) is 19.1. The maximum absolute atomic E-state index is 13.7. The van der Waals surface area contributed by atoms with Gasteiger partial charge in [-0.3, -0.25) is 4.79 Å². The topological polar surface area (TPSA) is 29.5 Å². The van der Waals surface area contributed by atoms with E-state index in [1.54, 1.807) is 11.8 Å². The van der Waals surface area contributed by atoms with Gasteiger partial charge in [-0.1, -0.05) is 33.6 Å². The molecule has 1 saturated heterocycles. The molecule has 2 heterocycles.